The van der Waals surface area contributed by atoms with Gasteiger partial charge in [0.25, 0.3) is 5.91 Å². The molecule has 0 unspecified atom stereocenters. The number of benzene rings is 2. The Kier molecular flexibility index (Phi) is 5.92. The molecule has 4 nitrogen and oxygen atoms in total. The second kappa shape index (κ2) is 8.13. The van der Waals surface area contributed by atoms with Crippen LogP contribution in [0.1, 0.15) is 18.1 Å². The van der Waals surface area contributed by atoms with E-state index in [0.717, 1.165) is 11.1 Å². The molecule has 0 aliphatic rings. The topological polar surface area (TPSA) is 55.4 Å². The first-order valence-electron chi connectivity index (χ1n) is 7.58. The molecule has 0 radical (unpaired) electrons. The summed E-state index contributed by atoms with van der Waals surface area (Å²) in [5.74, 6) is 0.257. The number of rotatable bonds is 7. The maximum absolute atomic E-state index is 12.0. The number of ketones is 1. The fraction of sp³-hybridized carbons (Fsp3) is 0.263. The third-order valence-electron chi connectivity index (χ3n) is 3.50. The van der Waals surface area contributed by atoms with Gasteiger partial charge < -0.3 is 10.1 Å². The molecule has 1 amide bonds. The van der Waals surface area contributed by atoms with Gasteiger partial charge in [-0.1, -0.05) is 48.0 Å². The number of carbonyl (C=O) groups is 2. The Morgan fingerprint density at radius 2 is 1.70 bits per heavy atom. The van der Waals surface area contributed by atoms with Crippen LogP contribution in [0.3, 0.4) is 0 Å². The van der Waals surface area contributed by atoms with Gasteiger partial charge in [-0.15, -0.1) is 0 Å². The summed E-state index contributed by atoms with van der Waals surface area (Å²) in [6.07, 6.45) is 0.479. The second-order valence-electron chi connectivity index (χ2n) is 5.52. The molecular formula is C19H21NO3. The molecule has 2 aromatic carbocycles. The van der Waals surface area contributed by atoms with Crippen LogP contribution in [0, 0.1) is 6.92 Å². The number of hydrogen-bond donors (Lipinski definition) is 1. The van der Waals surface area contributed by atoms with Crippen LogP contribution in [-0.2, 0) is 16.0 Å². The Balaban J connectivity index is 1.88. The molecular weight excluding hydrogens is 290 g/mol. The van der Waals surface area contributed by atoms with E-state index < -0.39 is 6.04 Å². The van der Waals surface area contributed by atoms with Gasteiger partial charge in [-0.2, -0.15) is 0 Å². The van der Waals surface area contributed by atoms with E-state index in [1.54, 1.807) is 0 Å². The maximum atomic E-state index is 12.0. The lowest BCUT2D eigenvalue weighted by Crippen LogP contribution is -2.43. The first-order chi connectivity index (χ1) is 11.0. The molecule has 4 heteroatoms. The van der Waals surface area contributed by atoms with E-state index in [9.17, 15) is 9.59 Å². The Labute approximate surface area is 136 Å². The van der Waals surface area contributed by atoms with Gasteiger partial charge in [0.15, 0.2) is 12.4 Å². The molecule has 0 bridgehead atoms. The van der Waals surface area contributed by atoms with Crippen molar-refractivity contribution >= 4 is 11.7 Å². The molecule has 120 valence electrons. The third kappa shape index (κ3) is 5.58. The van der Waals surface area contributed by atoms with Gasteiger partial charge in [0.2, 0.25) is 0 Å². The molecule has 0 aliphatic carbocycles. The van der Waals surface area contributed by atoms with Crippen molar-refractivity contribution in [2.24, 2.45) is 0 Å². The minimum absolute atomic E-state index is 0.0717. The highest BCUT2D eigenvalue weighted by atomic mass is 16.5. The lowest BCUT2D eigenvalue weighted by Gasteiger charge is -2.16. The Bertz CT molecular complexity index is 650. The van der Waals surface area contributed by atoms with E-state index in [1.165, 1.54) is 6.92 Å². The first kappa shape index (κ1) is 16.7. The van der Waals surface area contributed by atoms with Crippen LogP contribution in [-0.4, -0.2) is 24.3 Å². The number of aryl methyl sites for hydroxylation is 1. The average molecular weight is 311 g/mol. The number of carbonyl (C=O) groups excluding carboxylic acids is 2. The molecule has 23 heavy (non-hydrogen) atoms. The van der Waals surface area contributed by atoms with Gasteiger partial charge in [-0.3, -0.25) is 9.59 Å². The van der Waals surface area contributed by atoms with Crippen molar-refractivity contribution in [2.75, 3.05) is 6.61 Å². The predicted molar refractivity (Wildman–Crippen MR) is 89.4 cm³/mol. The van der Waals surface area contributed by atoms with Gasteiger partial charge in [-0.25, -0.2) is 0 Å². The van der Waals surface area contributed by atoms with Gasteiger partial charge in [0.1, 0.15) is 5.75 Å². The minimum Gasteiger partial charge on any atom is -0.484 e. The quantitative estimate of drug-likeness (QED) is 0.855. The van der Waals surface area contributed by atoms with Crippen molar-refractivity contribution in [1.29, 1.82) is 0 Å². The van der Waals surface area contributed by atoms with Crippen LogP contribution in [0.4, 0.5) is 0 Å². The van der Waals surface area contributed by atoms with Crippen molar-refractivity contribution in [1.82, 2.24) is 5.32 Å². The van der Waals surface area contributed by atoms with Crippen molar-refractivity contribution in [2.45, 2.75) is 26.3 Å². The molecule has 1 atom stereocenters. The molecule has 0 saturated heterocycles. The molecule has 0 heterocycles. The lowest BCUT2D eigenvalue weighted by atomic mass is 10.0. The summed E-state index contributed by atoms with van der Waals surface area (Å²) in [7, 11) is 0. The van der Waals surface area contributed by atoms with Crippen molar-refractivity contribution < 1.29 is 14.3 Å². The van der Waals surface area contributed by atoms with Crippen LogP contribution in [0.15, 0.2) is 54.6 Å². The molecule has 0 aromatic heterocycles. The summed E-state index contributed by atoms with van der Waals surface area (Å²) in [4.78, 5) is 23.7. The number of amides is 1. The molecule has 2 aromatic rings. The lowest BCUT2D eigenvalue weighted by molar-refractivity contribution is -0.128. The average Bonchev–Trinajstić information content (AvgIpc) is 2.54. The Morgan fingerprint density at radius 3 is 2.30 bits per heavy atom. The highest BCUT2D eigenvalue weighted by Gasteiger charge is 2.17. The summed E-state index contributed by atoms with van der Waals surface area (Å²) in [6, 6.07) is 16.5. The minimum atomic E-state index is -0.536. The number of nitrogens with one attached hydrogen (secondary N) is 1. The predicted octanol–water partition coefficient (Wildman–Crippen LogP) is 2.69. The monoisotopic (exact) mass is 311 g/mol. The highest BCUT2D eigenvalue weighted by Crippen LogP contribution is 2.11. The number of hydrogen-bond acceptors (Lipinski definition) is 3. The fourth-order valence-corrected chi connectivity index (χ4v) is 2.17. The molecule has 1 N–H and O–H groups in total. The van der Waals surface area contributed by atoms with Crippen LogP contribution >= 0.6 is 0 Å². The fourth-order valence-electron chi connectivity index (χ4n) is 2.17. The summed E-state index contributed by atoms with van der Waals surface area (Å²) in [6.45, 7) is 3.36. The van der Waals surface area contributed by atoms with Crippen LogP contribution in [0.5, 0.6) is 5.75 Å². The Morgan fingerprint density at radius 1 is 1.04 bits per heavy atom. The van der Waals surface area contributed by atoms with Gasteiger partial charge >= 0.3 is 0 Å². The summed E-state index contributed by atoms with van der Waals surface area (Å²) < 4.78 is 5.43. The molecule has 0 saturated carbocycles. The highest BCUT2D eigenvalue weighted by molar-refractivity contribution is 5.88. The normalized spacial score (nSPS) is 11.6. The van der Waals surface area contributed by atoms with E-state index in [-0.39, 0.29) is 18.3 Å². The van der Waals surface area contributed by atoms with E-state index in [1.807, 2.05) is 61.5 Å². The van der Waals surface area contributed by atoms with Gasteiger partial charge in [0.05, 0.1) is 6.04 Å². The van der Waals surface area contributed by atoms with Crippen LogP contribution < -0.4 is 10.1 Å². The van der Waals surface area contributed by atoms with Crippen LogP contribution in [0.25, 0.3) is 0 Å². The number of Topliss-reactive ketones (excluding diaryl/α,β-unsaturated/α-hetero) is 1. The smallest absolute Gasteiger partial charge is 0.258 e. The van der Waals surface area contributed by atoms with Crippen LogP contribution in [0.2, 0.25) is 0 Å². The van der Waals surface area contributed by atoms with Crippen molar-refractivity contribution in [3.05, 3.63) is 65.7 Å². The zero-order valence-electron chi connectivity index (χ0n) is 13.4. The Hall–Kier alpha value is -2.62. The largest absolute Gasteiger partial charge is 0.484 e. The zero-order chi connectivity index (χ0) is 16.7. The van der Waals surface area contributed by atoms with Gasteiger partial charge in [0, 0.05) is 0 Å². The SMILES string of the molecule is CC(=O)[C@@H](Cc1ccccc1)NC(=O)COc1ccc(C)cc1. The molecule has 0 aliphatic heterocycles. The summed E-state index contributed by atoms with van der Waals surface area (Å²) >= 11 is 0. The van der Waals surface area contributed by atoms with Crippen molar-refractivity contribution in [3.63, 3.8) is 0 Å². The number of ether oxygens (including phenoxy) is 1. The first-order valence-corrected chi connectivity index (χ1v) is 7.58. The van der Waals surface area contributed by atoms with E-state index >= 15 is 0 Å². The maximum Gasteiger partial charge on any atom is 0.258 e. The van der Waals surface area contributed by atoms with E-state index in [4.69, 9.17) is 4.74 Å². The molecule has 0 spiro atoms. The zero-order valence-corrected chi connectivity index (χ0v) is 13.4. The second-order valence-corrected chi connectivity index (χ2v) is 5.52. The van der Waals surface area contributed by atoms with E-state index in [0.29, 0.717) is 12.2 Å². The van der Waals surface area contributed by atoms with Crippen molar-refractivity contribution in [3.8, 4) is 5.75 Å². The standard InChI is InChI=1S/C19H21NO3/c1-14-8-10-17(11-9-14)23-13-19(22)20-18(15(2)21)12-16-6-4-3-5-7-16/h3-11,18H,12-13H2,1-2H3,(H,20,22)/t18-/m1/s1. The van der Waals surface area contributed by atoms with E-state index in [2.05, 4.69) is 5.32 Å². The molecule has 0 fully saturated rings. The molecule has 2 rings (SSSR count). The summed E-state index contributed by atoms with van der Waals surface area (Å²) in [5, 5.41) is 2.73. The third-order valence-corrected chi connectivity index (χ3v) is 3.50. The summed E-state index contributed by atoms with van der Waals surface area (Å²) in [5.41, 5.74) is 2.13. The van der Waals surface area contributed by atoms with Gasteiger partial charge in [-0.05, 0) is 38.0 Å².